The van der Waals surface area contributed by atoms with E-state index in [4.69, 9.17) is 4.74 Å². The lowest BCUT2D eigenvalue weighted by atomic mass is 10.2. The monoisotopic (exact) mass is 420 g/mol. The number of rotatable bonds is 6. The van der Waals surface area contributed by atoms with Gasteiger partial charge in [-0.1, -0.05) is 36.8 Å². The number of carbonyl (C=O) groups is 1. The number of ether oxygens (including phenoxy) is 1. The maximum absolute atomic E-state index is 13.8. The van der Waals surface area contributed by atoms with E-state index >= 15 is 0 Å². The van der Waals surface area contributed by atoms with Crippen molar-refractivity contribution < 1.29 is 22.3 Å². The molecule has 6 nitrogen and oxygen atoms in total. The molecule has 0 aromatic heterocycles. The molecule has 1 atom stereocenters. The summed E-state index contributed by atoms with van der Waals surface area (Å²) < 4.78 is 46.4. The minimum Gasteiger partial charge on any atom is -0.478 e. The minimum atomic E-state index is -3.59. The highest BCUT2D eigenvalue weighted by Crippen LogP contribution is 2.21. The highest BCUT2D eigenvalue weighted by atomic mass is 32.2. The molecule has 0 aliphatic carbocycles. The van der Waals surface area contributed by atoms with Crippen LogP contribution >= 0.6 is 0 Å². The summed E-state index contributed by atoms with van der Waals surface area (Å²) >= 11 is 0. The van der Waals surface area contributed by atoms with Crippen LogP contribution in [0.25, 0.3) is 0 Å². The Morgan fingerprint density at radius 1 is 1.07 bits per heavy atom. The van der Waals surface area contributed by atoms with Crippen LogP contribution in [-0.2, 0) is 14.8 Å². The molecule has 29 heavy (non-hydrogen) atoms. The summed E-state index contributed by atoms with van der Waals surface area (Å²) in [5.41, 5.74) is 0.986. The van der Waals surface area contributed by atoms with E-state index < -0.39 is 21.9 Å². The van der Waals surface area contributed by atoms with Crippen molar-refractivity contribution in [3.63, 3.8) is 0 Å². The van der Waals surface area contributed by atoms with Gasteiger partial charge in [-0.15, -0.1) is 0 Å². The van der Waals surface area contributed by atoms with Crippen LogP contribution < -0.4 is 4.74 Å². The molecule has 0 spiro atoms. The van der Waals surface area contributed by atoms with Gasteiger partial charge < -0.3 is 9.64 Å². The van der Waals surface area contributed by atoms with E-state index in [9.17, 15) is 17.6 Å². The van der Waals surface area contributed by atoms with Gasteiger partial charge in [-0.2, -0.15) is 4.31 Å². The second-order valence-corrected chi connectivity index (χ2v) is 8.93. The van der Waals surface area contributed by atoms with E-state index in [2.05, 4.69) is 0 Å². The largest absolute Gasteiger partial charge is 0.478 e. The van der Waals surface area contributed by atoms with Crippen LogP contribution in [0.1, 0.15) is 18.9 Å². The van der Waals surface area contributed by atoms with Crippen LogP contribution in [0.5, 0.6) is 5.75 Å². The standard InChI is InChI=1S/C21H25FN2O4S/c1-3-19(28-20-7-5-4-6-18(20)22)21(25)23-12-14-24(15-13-23)29(26,27)17-10-8-16(2)9-11-17/h4-11,19H,3,12-15H2,1-2H3. The summed E-state index contributed by atoms with van der Waals surface area (Å²) in [6.07, 6.45) is -0.429. The summed E-state index contributed by atoms with van der Waals surface area (Å²) in [7, 11) is -3.59. The molecule has 0 bridgehead atoms. The summed E-state index contributed by atoms with van der Waals surface area (Å²) in [5, 5.41) is 0. The van der Waals surface area contributed by atoms with E-state index in [1.165, 1.54) is 16.4 Å². The first kappa shape index (κ1) is 21.3. The van der Waals surface area contributed by atoms with E-state index in [-0.39, 0.29) is 42.7 Å². The molecule has 0 saturated carbocycles. The van der Waals surface area contributed by atoms with Gasteiger partial charge in [0.15, 0.2) is 17.7 Å². The van der Waals surface area contributed by atoms with Gasteiger partial charge in [0.25, 0.3) is 5.91 Å². The molecule has 2 aromatic rings. The average Bonchev–Trinajstić information content (AvgIpc) is 2.73. The summed E-state index contributed by atoms with van der Waals surface area (Å²) in [6.45, 7) is 4.63. The number of nitrogens with zero attached hydrogens (tertiary/aromatic N) is 2. The van der Waals surface area contributed by atoms with Gasteiger partial charge in [0, 0.05) is 26.2 Å². The second-order valence-electron chi connectivity index (χ2n) is 6.99. The molecule has 8 heteroatoms. The minimum absolute atomic E-state index is 0.0354. The quantitative estimate of drug-likeness (QED) is 0.721. The summed E-state index contributed by atoms with van der Waals surface area (Å²) in [4.78, 5) is 14.6. The highest BCUT2D eigenvalue weighted by Gasteiger charge is 2.33. The zero-order valence-corrected chi connectivity index (χ0v) is 17.4. The number of para-hydroxylation sites is 1. The number of hydrogen-bond acceptors (Lipinski definition) is 4. The average molecular weight is 421 g/mol. The summed E-state index contributed by atoms with van der Waals surface area (Å²) in [6, 6.07) is 12.7. The van der Waals surface area contributed by atoms with Gasteiger partial charge in [-0.25, -0.2) is 12.8 Å². The number of aryl methyl sites for hydroxylation is 1. The van der Waals surface area contributed by atoms with Crippen LogP contribution in [0.3, 0.4) is 0 Å². The first-order valence-corrected chi connectivity index (χ1v) is 11.0. The molecule has 1 fully saturated rings. The first-order chi connectivity index (χ1) is 13.8. The van der Waals surface area contributed by atoms with Crippen molar-refractivity contribution in [2.75, 3.05) is 26.2 Å². The number of sulfonamides is 1. The molecule has 0 radical (unpaired) electrons. The molecule has 0 N–H and O–H groups in total. The highest BCUT2D eigenvalue weighted by molar-refractivity contribution is 7.89. The summed E-state index contributed by atoms with van der Waals surface area (Å²) in [5.74, 6) is -0.746. The Bertz CT molecular complexity index is 955. The Kier molecular flexibility index (Phi) is 6.54. The van der Waals surface area contributed by atoms with E-state index in [1.54, 1.807) is 48.2 Å². The number of amides is 1. The van der Waals surface area contributed by atoms with E-state index in [0.29, 0.717) is 6.42 Å². The lowest BCUT2D eigenvalue weighted by molar-refractivity contribution is -0.140. The molecule has 1 aliphatic heterocycles. The van der Waals surface area contributed by atoms with Crippen molar-refractivity contribution in [3.8, 4) is 5.75 Å². The number of benzene rings is 2. The molecular formula is C21H25FN2O4S. The van der Waals surface area contributed by atoms with Crippen molar-refractivity contribution in [2.24, 2.45) is 0 Å². The van der Waals surface area contributed by atoms with Crippen LogP contribution in [0.2, 0.25) is 0 Å². The molecule has 1 amide bonds. The fourth-order valence-electron chi connectivity index (χ4n) is 3.21. The normalized spacial score (nSPS) is 16.4. The van der Waals surface area contributed by atoms with E-state index in [0.717, 1.165) is 5.56 Å². The molecule has 3 rings (SSSR count). The van der Waals surface area contributed by atoms with Gasteiger partial charge >= 0.3 is 0 Å². The third kappa shape index (κ3) is 4.76. The Morgan fingerprint density at radius 2 is 1.69 bits per heavy atom. The lowest BCUT2D eigenvalue weighted by Crippen LogP contribution is -2.53. The van der Waals surface area contributed by atoms with Gasteiger partial charge in [0.1, 0.15) is 0 Å². The Balaban J connectivity index is 1.64. The number of halogens is 1. The first-order valence-electron chi connectivity index (χ1n) is 9.59. The Hall–Kier alpha value is -2.45. The zero-order valence-electron chi connectivity index (χ0n) is 16.5. The molecule has 2 aromatic carbocycles. The van der Waals surface area contributed by atoms with Crippen molar-refractivity contribution in [1.29, 1.82) is 0 Å². The van der Waals surface area contributed by atoms with Crippen LogP contribution in [-0.4, -0.2) is 55.8 Å². The van der Waals surface area contributed by atoms with Crippen LogP contribution in [0.4, 0.5) is 4.39 Å². The number of carbonyl (C=O) groups excluding carboxylic acids is 1. The van der Waals surface area contributed by atoms with Crippen molar-refractivity contribution in [2.45, 2.75) is 31.3 Å². The molecule has 1 aliphatic rings. The smallest absolute Gasteiger partial charge is 0.263 e. The molecule has 156 valence electrons. The Labute approximate surface area is 170 Å². The fraction of sp³-hybridized carbons (Fsp3) is 0.381. The fourth-order valence-corrected chi connectivity index (χ4v) is 4.64. The van der Waals surface area contributed by atoms with Gasteiger partial charge in [0.05, 0.1) is 4.90 Å². The van der Waals surface area contributed by atoms with E-state index in [1.807, 2.05) is 6.92 Å². The second kappa shape index (κ2) is 8.92. The molecule has 1 unspecified atom stereocenters. The SMILES string of the molecule is CCC(Oc1ccccc1F)C(=O)N1CCN(S(=O)(=O)c2ccc(C)cc2)CC1. The van der Waals surface area contributed by atoms with Crippen LogP contribution in [0.15, 0.2) is 53.4 Å². The third-order valence-corrected chi connectivity index (χ3v) is 6.87. The maximum Gasteiger partial charge on any atom is 0.263 e. The van der Waals surface area contributed by atoms with Gasteiger partial charge in [0.2, 0.25) is 10.0 Å². The number of hydrogen-bond donors (Lipinski definition) is 0. The van der Waals surface area contributed by atoms with Gasteiger partial charge in [-0.3, -0.25) is 4.79 Å². The molecule has 1 saturated heterocycles. The topological polar surface area (TPSA) is 66.9 Å². The van der Waals surface area contributed by atoms with Crippen molar-refractivity contribution in [3.05, 3.63) is 59.9 Å². The molecule has 1 heterocycles. The third-order valence-electron chi connectivity index (χ3n) is 4.96. The number of piperazine rings is 1. The van der Waals surface area contributed by atoms with Crippen molar-refractivity contribution >= 4 is 15.9 Å². The maximum atomic E-state index is 13.8. The molecular weight excluding hydrogens is 395 g/mol. The lowest BCUT2D eigenvalue weighted by Gasteiger charge is -2.35. The predicted molar refractivity (Wildman–Crippen MR) is 108 cm³/mol. The zero-order chi connectivity index (χ0) is 21.0. The van der Waals surface area contributed by atoms with Crippen molar-refractivity contribution in [1.82, 2.24) is 9.21 Å². The predicted octanol–water partition coefficient (Wildman–Crippen LogP) is 2.82. The Morgan fingerprint density at radius 3 is 2.28 bits per heavy atom. The van der Waals surface area contributed by atoms with Gasteiger partial charge in [-0.05, 0) is 37.6 Å². The van der Waals surface area contributed by atoms with Crippen LogP contribution in [0, 0.1) is 12.7 Å².